The van der Waals surface area contributed by atoms with E-state index in [9.17, 15) is 18.8 Å². The summed E-state index contributed by atoms with van der Waals surface area (Å²) in [5.74, 6) is -2.52. The highest BCUT2D eigenvalue weighted by Gasteiger charge is 2.72. The average Bonchev–Trinajstić information content (AvgIpc) is 3.58. The number of nitrogens with zero attached hydrogens (tertiary/aromatic N) is 1. The third kappa shape index (κ3) is 4.75. The van der Waals surface area contributed by atoms with Crippen molar-refractivity contribution in [2.24, 2.45) is 23.7 Å². The van der Waals surface area contributed by atoms with Gasteiger partial charge in [-0.25, -0.2) is 4.39 Å². The number of hydrogen-bond donors (Lipinski definition) is 2. The highest BCUT2D eigenvalue weighted by Crippen LogP contribution is 2.55. The second-order valence-electron chi connectivity index (χ2n) is 12.2. The Balaban J connectivity index is 1.32. The van der Waals surface area contributed by atoms with Crippen molar-refractivity contribution in [3.8, 4) is 0 Å². The molecule has 3 fully saturated rings. The molecule has 6 rings (SSSR count). The summed E-state index contributed by atoms with van der Waals surface area (Å²) in [5.41, 5.74) is 1.04. The van der Waals surface area contributed by atoms with Crippen LogP contribution in [0.25, 0.3) is 0 Å². The van der Waals surface area contributed by atoms with E-state index in [0.29, 0.717) is 17.5 Å². The van der Waals surface area contributed by atoms with Crippen molar-refractivity contribution in [2.45, 2.75) is 70.4 Å². The normalized spacial score (nSPS) is 33.6. The van der Waals surface area contributed by atoms with Crippen molar-refractivity contribution in [1.29, 1.82) is 0 Å². The Bertz CT molecular complexity index is 1410. The molecule has 0 radical (unpaired) electrons. The number of carbonyl (C=O) groups is 3. The zero-order valence-electron chi connectivity index (χ0n) is 23.4. The van der Waals surface area contributed by atoms with Crippen molar-refractivity contribution in [1.82, 2.24) is 10.2 Å². The molecule has 8 atom stereocenters. The number of fused-ring (bicyclic) bond motifs is 1. The Morgan fingerprint density at radius 3 is 2.61 bits per heavy atom. The van der Waals surface area contributed by atoms with E-state index in [2.05, 4.69) is 24.5 Å². The van der Waals surface area contributed by atoms with Gasteiger partial charge in [-0.2, -0.15) is 0 Å². The lowest BCUT2D eigenvalue weighted by Crippen LogP contribution is -2.57. The highest BCUT2D eigenvalue weighted by atomic mass is 35.5. The molecule has 2 aromatic rings. The SMILES string of the molecule is Cc1ccc(CN2C(=O)C3C(C(=O)Nc4ccc(F)c(Cl)c4)C4C=CC3(O4)C2C(=O)NC2CCCC(C)C2C)cc1. The standard InChI is InChI=1S/C32H35ClFN3O4/c1-17-7-9-20(10-8-17)16-37-28(30(39)36-24-6-4-5-18(2)19(24)3)32-14-13-25(41-32)26(27(32)31(37)40)29(38)35-21-11-12-23(34)22(33)15-21/h7-15,18-19,24-28H,4-6,16H2,1-3H3,(H,35,38)(H,36,39). The number of rotatable bonds is 6. The fourth-order valence-corrected chi connectivity index (χ4v) is 7.36. The van der Waals surface area contributed by atoms with Crippen LogP contribution >= 0.6 is 11.6 Å². The molecule has 1 aliphatic carbocycles. The third-order valence-electron chi connectivity index (χ3n) is 9.62. The van der Waals surface area contributed by atoms with Gasteiger partial charge in [-0.05, 0) is 48.9 Å². The van der Waals surface area contributed by atoms with Gasteiger partial charge in [-0.15, -0.1) is 0 Å². The topological polar surface area (TPSA) is 87.7 Å². The molecule has 1 spiro atoms. The summed E-state index contributed by atoms with van der Waals surface area (Å²) in [4.78, 5) is 43.6. The van der Waals surface area contributed by atoms with Crippen LogP contribution in [0.3, 0.4) is 0 Å². The molecule has 41 heavy (non-hydrogen) atoms. The summed E-state index contributed by atoms with van der Waals surface area (Å²) in [7, 11) is 0. The minimum absolute atomic E-state index is 0.00271. The maximum atomic E-state index is 14.2. The van der Waals surface area contributed by atoms with Crippen LogP contribution in [-0.2, 0) is 25.7 Å². The Kier molecular flexibility index (Phi) is 7.19. The first-order chi connectivity index (χ1) is 19.6. The second kappa shape index (κ2) is 10.6. The van der Waals surface area contributed by atoms with Gasteiger partial charge < -0.3 is 20.3 Å². The summed E-state index contributed by atoms with van der Waals surface area (Å²) in [5, 5.41) is 5.94. The Hall–Kier alpha value is -3.23. The van der Waals surface area contributed by atoms with Gasteiger partial charge in [0.25, 0.3) is 0 Å². The zero-order valence-corrected chi connectivity index (χ0v) is 24.2. The molecule has 4 aliphatic rings. The van der Waals surface area contributed by atoms with Gasteiger partial charge in [0.15, 0.2) is 0 Å². The molecule has 7 nitrogen and oxygen atoms in total. The predicted octanol–water partition coefficient (Wildman–Crippen LogP) is 5.02. The van der Waals surface area contributed by atoms with E-state index in [1.165, 1.54) is 18.2 Å². The van der Waals surface area contributed by atoms with Crippen LogP contribution in [0, 0.1) is 36.4 Å². The molecule has 8 unspecified atom stereocenters. The van der Waals surface area contributed by atoms with Gasteiger partial charge in [0.2, 0.25) is 17.7 Å². The van der Waals surface area contributed by atoms with Crippen LogP contribution in [0.4, 0.5) is 10.1 Å². The number of benzene rings is 2. The first-order valence-electron chi connectivity index (χ1n) is 14.4. The van der Waals surface area contributed by atoms with Gasteiger partial charge in [0, 0.05) is 18.3 Å². The maximum Gasteiger partial charge on any atom is 0.246 e. The van der Waals surface area contributed by atoms with Crippen molar-refractivity contribution in [3.05, 3.63) is 76.6 Å². The van der Waals surface area contributed by atoms with Crippen LogP contribution in [0.1, 0.15) is 44.2 Å². The largest absolute Gasteiger partial charge is 0.359 e. The van der Waals surface area contributed by atoms with Crippen LogP contribution in [0.15, 0.2) is 54.6 Å². The third-order valence-corrected chi connectivity index (χ3v) is 9.91. The Morgan fingerprint density at radius 1 is 1.12 bits per heavy atom. The lowest BCUT2D eigenvalue weighted by molar-refractivity contribution is -0.142. The van der Waals surface area contributed by atoms with E-state index < -0.39 is 41.3 Å². The fraction of sp³-hybridized carbons (Fsp3) is 0.469. The average molecular weight is 580 g/mol. The number of amides is 3. The fourth-order valence-electron chi connectivity index (χ4n) is 7.17. The Morgan fingerprint density at radius 2 is 1.88 bits per heavy atom. The molecule has 2 aromatic carbocycles. The number of nitrogens with one attached hydrogen (secondary N) is 2. The number of hydrogen-bond acceptors (Lipinski definition) is 4. The van der Waals surface area contributed by atoms with E-state index in [0.717, 1.165) is 30.4 Å². The van der Waals surface area contributed by atoms with Crippen molar-refractivity contribution < 1.29 is 23.5 Å². The van der Waals surface area contributed by atoms with E-state index >= 15 is 0 Å². The van der Waals surface area contributed by atoms with Crippen LogP contribution in [0.5, 0.6) is 0 Å². The molecule has 2 bridgehead atoms. The lowest BCUT2D eigenvalue weighted by Gasteiger charge is -2.38. The number of carbonyl (C=O) groups excluding carboxylic acids is 3. The highest BCUT2D eigenvalue weighted by molar-refractivity contribution is 6.31. The molecule has 9 heteroatoms. The van der Waals surface area contributed by atoms with Crippen molar-refractivity contribution in [2.75, 3.05) is 5.32 Å². The quantitative estimate of drug-likeness (QED) is 0.471. The minimum Gasteiger partial charge on any atom is -0.359 e. The van der Waals surface area contributed by atoms with Gasteiger partial charge in [0.1, 0.15) is 17.5 Å². The van der Waals surface area contributed by atoms with Gasteiger partial charge >= 0.3 is 0 Å². The summed E-state index contributed by atoms with van der Waals surface area (Å²) < 4.78 is 20.1. The van der Waals surface area contributed by atoms with E-state index in [4.69, 9.17) is 16.3 Å². The van der Waals surface area contributed by atoms with Crippen molar-refractivity contribution in [3.63, 3.8) is 0 Å². The second-order valence-corrected chi connectivity index (χ2v) is 12.6. The molecule has 3 heterocycles. The monoisotopic (exact) mass is 579 g/mol. The molecular weight excluding hydrogens is 545 g/mol. The summed E-state index contributed by atoms with van der Waals surface area (Å²) >= 11 is 5.92. The zero-order chi connectivity index (χ0) is 29.1. The van der Waals surface area contributed by atoms with E-state index in [1.807, 2.05) is 37.3 Å². The number of ether oxygens (including phenoxy) is 1. The van der Waals surface area contributed by atoms with Gasteiger partial charge in [-0.1, -0.05) is 80.3 Å². The Labute approximate surface area is 244 Å². The molecule has 2 N–H and O–H groups in total. The molecule has 3 amide bonds. The van der Waals surface area contributed by atoms with Crippen LogP contribution in [0.2, 0.25) is 5.02 Å². The number of aryl methyl sites for hydroxylation is 1. The molecule has 3 aliphatic heterocycles. The van der Waals surface area contributed by atoms with E-state index in [1.54, 1.807) is 11.0 Å². The minimum atomic E-state index is -1.26. The summed E-state index contributed by atoms with van der Waals surface area (Å²) in [6, 6.07) is 10.8. The van der Waals surface area contributed by atoms with Crippen LogP contribution in [-0.4, -0.2) is 46.4 Å². The van der Waals surface area contributed by atoms with Gasteiger partial charge in [0.05, 0.1) is 23.0 Å². The first kappa shape index (κ1) is 27.9. The number of halogens is 2. The summed E-state index contributed by atoms with van der Waals surface area (Å²) in [6.07, 6.45) is 5.99. The smallest absolute Gasteiger partial charge is 0.246 e. The predicted molar refractivity (Wildman–Crippen MR) is 153 cm³/mol. The van der Waals surface area contributed by atoms with Crippen molar-refractivity contribution >= 4 is 35.0 Å². The molecule has 216 valence electrons. The molecule has 1 saturated carbocycles. The molecule has 2 saturated heterocycles. The van der Waals surface area contributed by atoms with Gasteiger partial charge in [-0.3, -0.25) is 14.4 Å². The maximum absolute atomic E-state index is 14.2. The number of likely N-dealkylation sites (tertiary alicyclic amines) is 1. The van der Waals surface area contributed by atoms with Crippen LogP contribution < -0.4 is 10.6 Å². The molecule has 0 aromatic heterocycles. The van der Waals surface area contributed by atoms with E-state index in [-0.39, 0.29) is 29.4 Å². The number of anilines is 1. The summed E-state index contributed by atoms with van der Waals surface area (Å²) in [6.45, 7) is 6.59. The lowest BCUT2D eigenvalue weighted by atomic mass is 9.73. The first-order valence-corrected chi connectivity index (χ1v) is 14.8. The molecular formula is C32H35ClFN3O4.